The molecule has 0 saturated carbocycles. The van der Waals surface area contributed by atoms with Gasteiger partial charge in [0.2, 0.25) is 0 Å². The lowest BCUT2D eigenvalue weighted by Crippen LogP contribution is -1.93. The summed E-state index contributed by atoms with van der Waals surface area (Å²) >= 11 is 0. The van der Waals surface area contributed by atoms with Gasteiger partial charge in [0.15, 0.2) is 5.75 Å². The lowest BCUT2D eigenvalue weighted by molar-refractivity contribution is -0.385. The van der Waals surface area contributed by atoms with E-state index in [1.807, 2.05) is 0 Å². The number of aromatic hydroxyl groups is 1. The number of phenols is 1. The average molecular weight is 277 g/mol. The molecule has 2 aromatic rings. The molecule has 8 nitrogen and oxygen atoms in total. The van der Waals surface area contributed by atoms with Gasteiger partial charge in [0.25, 0.3) is 5.69 Å². The Morgan fingerprint density at radius 1 is 0.850 bits per heavy atom. The number of nitrogen functional groups attached to an aromatic ring is 1. The maximum absolute atomic E-state index is 10.1. The van der Waals surface area contributed by atoms with Gasteiger partial charge in [-0.25, -0.2) is 0 Å². The van der Waals surface area contributed by atoms with Crippen LogP contribution in [0.3, 0.4) is 0 Å². The number of nitrogens with two attached hydrogens (primary N) is 1. The molecule has 3 N–H and O–H groups in total. The van der Waals surface area contributed by atoms with Crippen LogP contribution >= 0.6 is 0 Å². The summed E-state index contributed by atoms with van der Waals surface area (Å²) in [6, 6.07) is 11.7. The summed E-state index contributed by atoms with van der Waals surface area (Å²) in [6.07, 6.45) is 0. The first-order valence-electron chi connectivity index (χ1n) is 5.34. The summed E-state index contributed by atoms with van der Waals surface area (Å²) in [7, 11) is 0. The lowest BCUT2D eigenvalue weighted by Gasteiger charge is -1.92. The van der Waals surface area contributed by atoms with Crippen molar-refractivity contribution < 1.29 is 15.0 Å². The summed E-state index contributed by atoms with van der Waals surface area (Å²) < 4.78 is 0. The third kappa shape index (κ3) is 3.95. The van der Waals surface area contributed by atoms with Gasteiger partial charge in [0.05, 0.1) is 9.85 Å². The van der Waals surface area contributed by atoms with Gasteiger partial charge in [0, 0.05) is 12.1 Å². The van der Waals surface area contributed by atoms with E-state index in [4.69, 9.17) is 10.8 Å². The van der Waals surface area contributed by atoms with Gasteiger partial charge in [-0.3, -0.25) is 20.2 Å². The zero-order valence-electron chi connectivity index (χ0n) is 10.2. The lowest BCUT2D eigenvalue weighted by atomic mass is 10.3. The number of benzene rings is 2. The molecular weight excluding hydrogens is 266 g/mol. The van der Waals surface area contributed by atoms with Crippen molar-refractivity contribution in [2.75, 3.05) is 5.73 Å². The normalized spacial score (nSPS) is 9.20. The van der Waals surface area contributed by atoms with Gasteiger partial charge in [-0.15, -0.1) is 0 Å². The molecule has 20 heavy (non-hydrogen) atoms. The maximum Gasteiger partial charge on any atom is 0.310 e. The van der Waals surface area contributed by atoms with Crippen LogP contribution in [0.1, 0.15) is 0 Å². The van der Waals surface area contributed by atoms with Crippen LogP contribution < -0.4 is 5.73 Å². The van der Waals surface area contributed by atoms with E-state index < -0.39 is 9.85 Å². The summed E-state index contributed by atoms with van der Waals surface area (Å²) in [6.45, 7) is 0. The van der Waals surface area contributed by atoms with Crippen molar-refractivity contribution >= 4 is 17.1 Å². The topological polar surface area (TPSA) is 133 Å². The van der Waals surface area contributed by atoms with Crippen LogP contribution in [0.2, 0.25) is 0 Å². The van der Waals surface area contributed by atoms with Crippen molar-refractivity contribution in [3.05, 3.63) is 68.8 Å². The van der Waals surface area contributed by atoms with Crippen LogP contribution in [0.25, 0.3) is 0 Å². The van der Waals surface area contributed by atoms with Crippen LogP contribution in [0, 0.1) is 20.2 Å². The summed E-state index contributed by atoms with van der Waals surface area (Å²) in [5.41, 5.74) is 5.18. The first-order chi connectivity index (χ1) is 9.43. The van der Waals surface area contributed by atoms with E-state index in [-0.39, 0.29) is 22.8 Å². The molecule has 8 heteroatoms. The van der Waals surface area contributed by atoms with Crippen LogP contribution in [-0.4, -0.2) is 15.0 Å². The predicted molar refractivity (Wildman–Crippen MR) is 72.3 cm³/mol. The van der Waals surface area contributed by atoms with E-state index in [0.717, 1.165) is 0 Å². The molecule has 0 spiro atoms. The highest BCUT2D eigenvalue weighted by atomic mass is 16.6. The molecule has 0 unspecified atom stereocenters. The van der Waals surface area contributed by atoms with E-state index in [0.29, 0.717) is 0 Å². The first kappa shape index (κ1) is 14.9. The number of rotatable bonds is 2. The molecule has 0 radical (unpaired) electrons. The Morgan fingerprint density at radius 2 is 1.30 bits per heavy atom. The van der Waals surface area contributed by atoms with Crippen LogP contribution in [-0.2, 0) is 0 Å². The van der Waals surface area contributed by atoms with Gasteiger partial charge in [-0.2, -0.15) is 0 Å². The number of anilines is 1. The van der Waals surface area contributed by atoms with E-state index in [1.165, 1.54) is 36.4 Å². The Morgan fingerprint density at radius 3 is 1.65 bits per heavy atom. The molecule has 2 rings (SSSR count). The van der Waals surface area contributed by atoms with Gasteiger partial charge in [-0.1, -0.05) is 24.3 Å². The average Bonchev–Trinajstić information content (AvgIpc) is 2.40. The molecule has 104 valence electrons. The van der Waals surface area contributed by atoms with E-state index >= 15 is 0 Å². The largest absolute Gasteiger partial charge is 0.502 e. The third-order valence-corrected chi connectivity index (χ3v) is 2.21. The molecule has 0 aliphatic heterocycles. The maximum atomic E-state index is 10.1. The molecule has 0 atom stereocenters. The Hall–Kier alpha value is -3.16. The van der Waals surface area contributed by atoms with Crippen LogP contribution in [0.15, 0.2) is 48.5 Å². The first-order valence-corrected chi connectivity index (χ1v) is 5.34. The monoisotopic (exact) mass is 277 g/mol. The number of nitro benzene ring substituents is 2. The van der Waals surface area contributed by atoms with Gasteiger partial charge in [0.1, 0.15) is 5.69 Å². The molecule has 0 aliphatic rings. The summed E-state index contributed by atoms with van der Waals surface area (Å²) in [5.74, 6) is -0.299. The molecular formula is C12H11N3O5. The molecule has 0 bridgehead atoms. The van der Waals surface area contributed by atoms with Crippen molar-refractivity contribution in [3.8, 4) is 5.75 Å². The Labute approximate surface area is 113 Å². The summed E-state index contributed by atoms with van der Waals surface area (Å²) in [5, 5.41) is 29.1. The standard InChI is InChI=1S/C6H6N2O2.C6H5NO3/c7-5-3-1-2-4-6(5)8(9)10;8-6-4-2-1-3-5(6)7(9)10/h1-4H,7H2;1-4,8H. The Balaban J connectivity index is 0.000000200. The van der Waals surface area contributed by atoms with E-state index in [9.17, 15) is 20.2 Å². The van der Waals surface area contributed by atoms with Crippen LogP contribution in [0.4, 0.5) is 17.1 Å². The van der Waals surface area contributed by atoms with Gasteiger partial charge >= 0.3 is 5.69 Å². The third-order valence-electron chi connectivity index (χ3n) is 2.21. The highest BCUT2D eigenvalue weighted by molar-refractivity contribution is 5.57. The van der Waals surface area contributed by atoms with E-state index in [1.54, 1.807) is 12.1 Å². The van der Waals surface area contributed by atoms with Gasteiger partial charge < -0.3 is 10.8 Å². The quantitative estimate of drug-likeness (QED) is 0.492. The Kier molecular flexibility index (Phi) is 4.98. The minimum atomic E-state index is -0.630. The molecule has 0 heterocycles. The zero-order valence-corrected chi connectivity index (χ0v) is 10.2. The number of phenolic OH excluding ortho intramolecular Hbond substituents is 1. The highest BCUT2D eigenvalue weighted by Gasteiger charge is 2.09. The Bertz CT molecular complexity index is 574. The molecule has 2 aromatic carbocycles. The van der Waals surface area contributed by atoms with Crippen molar-refractivity contribution in [1.29, 1.82) is 0 Å². The second-order valence-corrected chi connectivity index (χ2v) is 3.56. The number of hydrogen-bond acceptors (Lipinski definition) is 6. The number of hydrogen-bond donors (Lipinski definition) is 2. The van der Waals surface area contributed by atoms with Gasteiger partial charge in [-0.05, 0) is 12.1 Å². The fourth-order valence-corrected chi connectivity index (χ4v) is 1.27. The molecule has 0 aromatic heterocycles. The molecule has 0 aliphatic carbocycles. The number of para-hydroxylation sites is 4. The van der Waals surface area contributed by atoms with E-state index in [2.05, 4.69) is 0 Å². The fourth-order valence-electron chi connectivity index (χ4n) is 1.27. The fraction of sp³-hybridized carbons (Fsp3) is 0. The second-order valence-electron chi connectivity index (χ2n) is 3.56. The second kappa shape index (κ2) is 6.69. The smallest absolute Gasteiger partial charge is 0.310 e. The van der Waals surface area contributed by atoms with Crippen molar-refractivity contribution in [1.82, 2.24) is 0 Å². The summed E-state index contributed by atoms with van der Waals surface area (Å²) in [4.78, 5) is 19.1. The van der Waals surface area contributed by atoms with Crippen molar-refractivity contribution in [3.63, 3.8) is 0 Å². The predicted octanol–water partition coefficient (Wildman–Crippen LogP) is 2.48. The molecule has 0 saturated heterocycles. The van der Waals surface area contributed by atoms with Crippen LogP contribution in [0.5, 0.6) is 5.75 Å². The number of nitrogens with zero attached hydrogens (tertiary/aromatic N) is 2. The SMILES string of the molecule is Nc1ccccc1[N+](=O)[O-].O=[N+]([O-])c1ccccc1O. The van der Waals surface area contributed by atoms with Crippen molar-refractivity contribution in [2.24, 2.45) is 0 Å². The highest BCUT2D eigenvalue weighted by Crippen LogP contribution is 2.23. The minimum absolute atomic E-state index is 0.0394. The molecule has 0 fully saturated rings. The number of nitro groups is 2. The van der Waals surface area contributed by atoms with Crippen molar-refractivity contribution in [2.45, 2.75) is 0 Å². The molecule has 0 amide bonds. The zero-order chi connectivity index (χ0) is 15.1. The minimum Gasteiger partial charge on any atom is -0.502 e.